The van der Waals surface area contributed by atoms with Gasteiger partial charge in [0.15, 0.2) is 5.78 Å². The first-order valence-corrected chi connectivity index (χ1v) is 13.8. The Morgan fingerprint density at radius 3 is 2.61 bits per heavy atom. The maximum absolute atomic E-state index is 13.9. The molecule has 0 saturated carbocycles. The highest BCUT2D eigenvalue weighted by Gasteiger charge is 2.47. The van der Waals surface area contributed by atoms with Crippen LogP contribution in [0.4, 0.5) is 5.69 Å². The number of nitriles is 1. The van der Waals surface area contributed by atoms with E-state index < -0.39 is 0 Å². The number of fused-ring (bicyclic) bond motifs is 6. The number of anilines is 1. The van der Waals surface area contributed by atoms with E-state index in [0.717, 1.165) is 64.9 Å². The Balaban J connectivity index is 1.28. The number of aromatic nitrogens is 1. The molecule has 2 aliphatic carbocycles. The average molecular weight is 483 g/mol. The first-order chi connectivity index (χ1) is 17.7. The Hall–Kier alpha value is -2.88. The van der Waals surface area contributed by atoms with E-state index in [1.807, 2.05) is 6.08 Å². The molecule has 7 rings (SSSR count). The molecule has 6 heteroatoms. The number of likely N-dealkylation sites (tertiary alicyclic amines) is 1. The van der Waals surface area contributed by atoms with Crippen LogP contribution in [0.3, 0.4) is 0 Å². The lowest BCUT2D eigenvalue weighted by Gasteiger charge is -2.42. The Kier molecular flexibility index (Phi) is 5.34. The highest BCUT2D eigenvalue weighted by atomic mass is 16.5. The molecule has 0 bridgehead atoms. The van der Waals surface area contributed by atoms with Crippen molar-refractivity contribution >= 4 is 23.6 Å². The molecule has 0 amide bonds. The zero-order valence-corrected chi connectivity index (χ0v) is 20.9. The number of rotatable bonds is 2. The quantitative estimate of drug-likeness (QED) is 0.713. The summed E-state index contributed by atoms with van der Waals surface area (Å²) in [4.78, 5) is 22.8. The zero-order chi connectivity index (χ0) is 24.3. The van der Waals surface area contributed by atoms with Crippen molar-refractivity contribution in [1.82, 2.24) is 9.88 Å². The van der Waals surface area contributed by atoms with Gasteiger partial charge in [-0.1, -0.05) is 6.08 Å². The SMILES string of the molecule is N#CC1C=c2[nH]c3c(c2=CC1)C(=O)c1ccc(N2CCC(N4CCCC4)CC2)cc1C31CCOCC1. The van der Waals surface area contributed by atoms with Crippen molar-refractivity contribution in [3.05, 3.63) is 51.2 Å². The van der Waals surface area contributed by atoms with Crippen LogP contribution in [-0.4, -0.2) is 61.1 Å². The Labute approximate surface area is 212 Å². The van der Waals surface area contributed by atoms with Gasteiger partial charge in [-0.25, -0.2) is 0 Å². The van der Waals surface area contributed by atoms with Gasteiger partial charge >= 0.3 is 0 Å². The predicted molar refractivity (Wildman–Crippen MR) is 139 cm³/mol. The van der Waals surface area contributed by atoms with E-state index in [4.69, 9.17) is 4.74 Å². The highest BCUT2D eigenvalue weighted by molar-refractivity contribution is 6.13. The molecule has 36 heavy (non-hydrogen) atoms. The largest absolute Gasteiger partial charge is 0.381 e. The lowest BCUT2D eigenvalue weighted by atomic mass is 9.64. The van der Waals surface area contributed by atoms with Gasteiger partial charge in [-0.05, 0) is 87.9 Å². The van der Waals surface area contributed by atoms with E-state index in [-0.39, 0.29) is 17.1 Å². The second kappa shape index (κ2) is 8.61. The molecule has 3 fully saturated rings. The van der Waals surface area contributed by atoms with Crippen LogP contribution in [0.15, 0.2) is 18.2 Å². The van der Waals surface area contributed by atoms with Crippen LogP contribution < -0.4 is 15.5 Å². The zero-order valence-electron chi connectivity index (χ0n) is 20.9. The lowest BCUT2D eigenvalue weighted by Crippen LogP contribution is -2.44. The smallest absolute Gasteiger partial charge is 0.195 e. The maximum atomic E-state index is 13.9. The van der Waals surface area contributed by atoms with E-state index in [1.165, 1.54) is 44.5 Å². The predicted octanol–water partition coefficient (Wildman–Crippen LogP) is 2.82. The molecule has 1 unspecified atom stereocenters. The first-order valence-electron chi connectivity index (χ1n) is 13.8. The molecule has 1 spiro atoms. The number of benzene rings is 1. The fourth-order valence-corrected chi connectivity index (χ4v) is 7.50. The van der Waals surface area contributed by atoms with Crippen molar-refractivity contribution in [2.75, 3.05) is 44.3 Å². The summed E-state index contributed by atoms with van der Waals surface area (Å²) < 4.78 is 5.82. The minimum Gasteiger partial charge on any atom is -0.381 e. The molecular weight excluding hydrogens is 448 g/mol. The van der Waals surface area contributed by atoms with Gasteiger partial charge in [0.1, 0.15) is 0 Å². The monoisotopic (exact) mass is 482 g/mol. The summed E-state index contributed by atoms with van der Waals surface area (Å²) in [6, 6.07) is 9.67. The number of nitrogens with one attached hydrogen (secondary N) is 1. The molecule has 186 valence electrons. The van der Waals surface area contributed by atoms with Crippen LogP contribution in [0.25, 0.3) is 12.2 Å². The number of piperidine rings is 1. The van der Waals surface area contributed by atoms with E-state index >= 15 is 0 Å². The van der Waals surface area contributed by atoms with Crippen molar-refractivity contribution in [2.24, 2.45) is 5.92 Å². The van der Waals surface area contributed by atoms with Crippen LogP contribution in [0.5, 0.6) is 0 Å². The Morgan fingerprint density at radius 1 is 1.08 bits per heavy atom. The number of hydrogen-bond acceptors (Lipinski definition) is 5. The van der Waals surface area contributed by atoms with E-state index in [9.17, 15) is 10.1 Å². The van der Waals surface area contributed by atoms with Gasteiger partial charge in [0.05, 0.1) is 17.6 Å². The summed E-state index contributed by atoms with van der Waals surface area (Å²) in [5.41, 5.74) is 4.88. The molecule has 5 aliphatic rings. The number of hydrogen-bond donors (Lipinski definition) is 1. The number of ether oxygens (including phenoxy) is 1. The maximum Gasteiger partial charge on any atom is 0.195 e. The van der Waals surface area contributed by atoms with E-state index in [1.54, 1.807) is 0 Å². The molecule has 1 N–H and O–H groups in total. The fourth-order valence-electron chi connectivity index (χ4n) is 7.50. The first kappa shape index (κ1) is 22.3. The van der Waals surface area contributed by atoms with Gasteiger partial charge < -0.3 is 19.5 Å². The topological polar surface area (TPSA) is 72.4 Å². The molecule has 6 nitrogen and oxygen atoms in total. The van der Waals surface area contributed by atoms with Crippen LogP contribution in [0, 0.1) is 17.2 Å². The van der Waals surface area contributed by atoms with Gasteiger partial charge in [0.25, 0.3) is 0 Å². The van der Waals surface area contributed by atoms with Crippen LogP contribution in [0.2, 0.25) is 0 Å². The van der Waals surface area contributed by atoms with Crippen LogP contribution in [0.1, 0.15) is 72.1 Å². The summed E-state index contributed by atoms with van der Waals surface area (Å²) in [7, 11) is 0. The average Bonchev–Trinajstić information content (AvgIpc) is 3.61. The molecule has 0 radical (unpaired) electrons. The van der Waals surface area contributed by atoms with Crippen molar-refractivity contribution in [3.63, 3.8) is 0 Å². The van der Waals surface area contributed by atoms with Crippen molar-refractivity contribution in [3.8, 4) is 6.07 Å². The van der Waals surface area contributed by atoms with Gasteiger partial charge in [-0.15, -0.1) is 0 Å². The minimum atomic E-state index is -0.248. The fraction of sp³-hybridized carbons (Fsp3) is 0.533. The molecular formula is C30H34N4O2. The third kappa shape index (κ3) is 3.33. The number of aromatic amines is 1. The number of carbonyl (C=O) groups excluding carboxylic acids is 1. The van der Waals surface area contributed by atoms with Gasteiger partial charge in [-0.3, -0.25) is 4.79 Å². The van der Waals surface area contributed by atoms with Gasteiger partial charge in [-0.2, -0.15) is 5.26 Å². The van der Waals surface area contributed by atoms with Gasteiger partial charge in [0, 0.05) is 65.3 Å². The second-order valence-corrected chi connectivity index (χ2v) is 11.3. The molecule has 2 aromatic rings. The summed E-state index contributed by atoms with van der Waals surface area (Å²) in [5.74, 6) is -0.0234. The van der Waals surface area contributed by atoms with Crippen LogP contribution in [-0.2, 0) is 10.2 Å². The molecule has 3 aliphatic heterocycles. The summed E-state index contributed by atoms with van der Waals surface area (Å²) in [5, 5.41) is 11.4. The minimum absolute atomic E-state index is 0.119. The third-order valence-corrected chi connectivity index (χ3v) is 9.48. The second-order valence-electron chi connectivity index (χ2n) is 11.3. The standard InChI is InChI=1S/C30H34N4O2/c31-19-20-3-5-24-26(17-20)32-29-27(24)28(35)23-6-4-22(18-25(23)30(29)9-15-36-16-10-30)34-13-7-21(8-14-34)33-11-1-2-12-33/h4-6,17-18,20-21,32H,1-3,7-16H2. The summed E-state index contributed by atoms with van der Waals surface area (Å²) in [6.45, 7) is 6.06. The molecule has 3 saturated heterocycles. The van der Waals surface area contributed by atoms with E-state index in [2.05, 4.69) is 45.1 Å². The van der Waals surface area contributed by atoms with Crippen molar-refractivity contribution in [2.45, 2.75) is 56.4 Å². The highest BCUT2D eigenvalue weighted by Crippen LogP contribution is 2.47. The number of H-pyrrole nitrogens is 1. The third-order valence-electron chi connectivity index (χ3n) is 9.48. The molecule has 1 atom stereocenters. The number of carbonyl (C=O) groups is 1. The van der Waals surface area contributed by atoms with Gasteiger partial charge in [0.2, 0.25) is 0 Å². The molecule has 1 aromatic carbocycles. The summed E-state index contributed by atoms with van der Waals surface area (Å²) >= 11 is 0. The number of ketones is 1. The normalized spacial score (nSPS) is 25.5. The Bertz CT molecular complexity index is 1360. The number of nitrogens with zero attached hydrogens (tertiary/aromatic N) is 3. The molecule has 1 aromatic heterocycles. The van der Waals surface area contributed by atoms with Crippen LogP contribution >= 0.6 is 0 Å². The summed E-state index contributed by atoms with van der Waals surface area (Å²) in [6.07, 6.45) is 11.6. The van der Waals surface area contributed by atoms with Crippen molar-refractivity contribution in [1.29, 1.82) is 5.26 Å². The Morgan fingerprint density at radius 2 is 1.86 bits per heavy atom. The van der Waals surface area contributed by atoms with E-state index in [0.29, 0.717) is 19.6 Å². The molecule has 4 heterocycles. The lowest BCUT2D eigenvalue weighted by molar-refractivity contribution is 0.0600. The van der Waals surface area contributed by atoms with Crippen molar-refractivity contribution < 1.29 is 9.53 Å².